The smallest absolute Gasteiger partial charge is 0.221 e. The van der Waals surface area contributed by atoms with E-state index in [4.69, 9.17) is 5.73 Å². The van der Waals surface area contributed by atoms with E-state index in [1.807, 2.05) is 12.1 Å². The summed E-state index contributed by atoms with van der Waals surface area (Å²) in [5.74, 6) is -0.100. The maximum absolute atomic E-state index is 10.8. The largest absolute Gasteiger partial charge is 0.375 e. The van der Waals surface area contributed by atoms with Gasteiger partial charge in [-0.2, -0.15) is 5.10 Å². The Morgan fingerprint density at radius 3 is 2.47 bits per heavy atom. The molecular weight excluding hydrogens is 288 g/mol. The number of hydrazone groups is 1. The monoisotopic (exact) mass is 299 g/mol. The molecule has 0 aromatic heterocycles. The number of benzene rings is 1. The number of amides is 1. The average molecular weight is 300 g/mol. The topological polar surface area (TPSA) is 79.5 Å². The molecule has 1 radical (unpaired) electrons. The summed E-state index contributed by atoms with van der Waals surface area (Å²) in [7, 11) is 0. The Kier molecular flexibility index (Phi) is 7.13. The molecule has 0 aliphatic rings. The number of nitrogens with zero attached hydrogens (tertiary/aromatic N) is 1. The number of hydrogen-bond donors (Lipinski definition) is 3. The van der Waals surface area contributed by atoms with Crippen LogP contribution in [-0.4, -0.2) is 17.2 Å². The summed E-state index contributed by atoms with van der Waals surface area (Å²) in [4.78, 5) is 10.8. The second kappa shape index (κ2) is 7.78. The van der Waals surface area contributed by atoms with Crippen LogP contribution in [0, 0.1) is 0 Å². The minimum Gasteiger partial charge on any atom is -0.375 e. The van der Waals surface area contributed by atoms with E-state index in [-0.39, 0.29) is 28.1 Å². The van der Waals surface area contributed by atoms with Gasteiger partial charge in [0.15, 0.2) is 5.11 Å². The molecule has 0 bridgehead atoms. The number of carbonyl (C=O) groups excluding carboxylic acids is 1. The van der Waals surface area contributed by atoms with E-state index in [9.17, 15) is 4.79 Å². The summed E-state index contributed by atoms with van der Waals surface area (Å²) in [6.45, 7) is 1.46. The zero-order valence-electron chi connectivity index (χ0n) is 9.03. The van der Waals surface area contributed by atoms with Crippen molar-refractivity contribution in [2.75, 3.05) is 5.32 Å². The molecule has 1 amide bonds. The standard InChI is InChI=1S/C10H12N4OS.Cu/c1-7(15)13-9-4-2-8(3-5-9)6-12-14-10(11)16;/h2-6H,1H3,(H,13,15)(H3,11,14,16);. The van der Waals surface area contributed by atoms with Crippen molar-refractivity contribution >= 4 is 35.1 Å². The molecule has 0 saturated heterocycles. The normalized spacial score (nSPS) is 9.47. The number of rotatable bonds is 3. The molecule has 1 aromatic carbocycles. The second-order valence-corrected chi connectivity index (χ2v) is 3.48. The number of carbonyl (C=O) groups is 1. The SMILES string of the molecule is CC(=O)Nc1ccc(C=NNC(N)=S)cc1.[Cu]. The van der Waals surface area contributed by atoms with Crippen LogP contribution in [0.2, 0.25) is 0 Å². The fourth-order valence-electron chi connectivity index (χ4n) is 1.03. The van der Waals surface area contributed by atoms with Crippen LogP contribution in [0.5, 0.6) is 0 Å². The van der Waals surface area contributed by atoms with Gasteiger partial charge in [-0.05, 0) is 29.9 Å². The number of hydrogen-bond acceptors (Lipinski definition) is 3. The van der Waals surface area contributed by atoms with Crippen molar-refractivity contribution in [2.45, 2.75) is 6.92 Å². The van der Waals surface area contributed by atoms with E-state index in [0.29, 0.717) is 0 Å². The van der Waals surface area contributed by atoms with Crippen LogP contribution < -0.4 is 16.5 Å². The van der Waals surface area contributed by atoms with Crippen LogP contribution in [0.25, 0.3) is 0 Å². The van der Waals surface area contributed by atoms with Gasteiger partial charge in [-0.15, -0.1) is 0 Å². The molecule has 0 aliphatic heterocycles. The third kappa shape index (κ3) is 6.68. The van der Waals surface area contributed by atoms with Gasteiger partial charge in [0.2, 0.25) is 5.91 Å². The number of thiocarbonyl (C=S) groups is 1. The first kappa shape index (κ1) is 15.6. The number of nitrogens with one attached hydrogen (secondary N) is 2. The van der Waals surface area contributed by atoms with E-state index in [2.05, 4.69) is 28.1 Å². The molecule has 0 unspecified atom stereocenters. The molecule has 0 aliphatic carbocycles. The van der Waals surface area contributed by atoms with Crippen molar-refractivity contribution in [2.24, 2.45) is 10.8 Å². The van der Waals surface area contributed by atoms with Crippen LogP contribution in [0.4, 0.5) is 5.69 Å². The van der Waals surface area contributed by atoms with Crippen molar-refractivity contribution in [3.8, 4) is 0 Å². The van der Waals surface area contributed by atoms with E-state index >= 15 is 0 Å². The van der Waals surface area contributed by atoms with Crippen molar-refractivity contribution in [3.05, 3.63) is 29.8 Å². The van der Waals surface area contributed by atoms with Gasteiger partial charge in [-0.1, -0.05) is 12.1 Å². The van der Waals surface area contributed by atoms with Crippen molar-refractivity contribution in [1.82, 2.24) is 5.43 Å². The van der Waals surface area contributed by atoms with Crippen LogP contribution in [0.15, 0.2) is 29.4 Å². The average Bonchev–Trinajstić information content (AvgIpc) is 2.19. The van der Waals surface area contributed by atoms with E-state index in [0.717, 1.165) is 11.3 Å². The first-order chi connectivity index (χ1) is 7.58. The van der Waals surface area contributed by atoms with E-state index in [1.54, 1.807) is 18.3 Å². The predicted octanol–water partition coefficient (Wildman–Crippen LogP) is 0.810. The fourth-order valence-corrected chi connectivity index (χ4v) is 1.08. The minimum absolute atomic E-state index is 0. The Balaban J connectivity index is 0.00000256. The van der Waals surface area contributed by atoms with Crippen LogP contribution in [-0.2, 0) is 21.9 Å². The van der Waals surface area contributed by atoms with Gasteiger partial charge < -0.3 is 11.1 Å². The molecule has 0 fully saturated rings. The summed E-state index contributed by atoms with van der Waals surface area (Å²) in [6, 6.07) is 7.19. The molecule has 1 rings (SSSR count). The third-order valence-corrected chi connectivity index (χ3v) is 1.71. The zero-order chi connectivity index (χ0) is 12.0. The minimum atomic E-state index is -0.100. The van der Waals surface area contributed by atoms with Gasteiger partial charge in [0.1, 0.15) is 0 Å². The number of nitrogens with two attached hydrogens (primary N) is 1. The van der Waals surface area contributed by atoms with Gasteiger partial charge in [-0.3, -0.25) is 10.2 Å². The molecular formula is C10H12CuN4OS. The molecule has 0 saturated carbocycles. The molecule has 7 heteroatoms. The second-order valence-electron chi connectivity index (χ2n) is 3.04. The maximum Gasteiger partial charge on any atom is 0.221 e. The van der Waals surface area contributed by atoms with E-state index < -0.39 is 0 Å². The Bertz CT molecular complexity index is 419. The van der Waals surface area contributed by atoms with Gasteiger partial charge in [-0.25, -0.2) is 0 Å². The van der Waals surface area contributed by atoms with Crippen LogP contribution >= 0.6 is 12.2 Å². The van der Waals surface area contributed by atoms with E-state index in [1.165, 1.54) is 6.92 Å². The predicted molar refractivity (Wildman–Crippen MR) is 68.3 cm³/mol. The first-order valence-electron chi connectivity index (χ1n) is 4.54. The van der Waals surface area contributed by atoms with Crippen LogP contribution in [0.3, 0.4) is 0 Å². The summed E-state index contributed by atoms with van der Waals surface area (Å²) < 4.78 is 0. The summed E-state index contributed by atoms with van der Waals surface area (Å²) in [5.41, 5.74) is 9.26. The molecule has 1 aromatic rings. The number of anilines is 1. The third-order valence-electron chi connectivity index (χ3n) is 1.62. The summed E-state index contributed by atoms with van der Waals surface area (Å²) >= 11 is 4.58. The molecule has 0 spiro atoms. The molecule has 0 heterocycles. The summed E-state index contributed by atoms with van der Waals surface area (Å²) in [6.07, 6.45) is 1.58. The Morgan fingerprint density at radius 2 is 2.00 bits per heavy atom. The Labute approximate surface area is 115 Å². The molecule has 17 heavy (non-hydrogen) atoms. The van der Waals surface area contributed by atoms with Gasteiger partial charge in [0.05, 0.1) is 6.21 Å². The Hall–Kier alpha value is -1.43. The van der Waals surface area contributed by atoms with Gasteiger partial charge in [0, 0.05) is 29.7 Å². The van der Waals surface area contributed by atoms with Crippen molar-refractivity contribution in [3.63, 3.8) is 0 Å². The van der Waals surface area contributed by atoms with Gasteiger partial charge in [0.25, 0.3) is 0 Å². The van der Waals surface area contributed by atoms with Crippen LogP contribution in [0.1, 0.15) is 12.5 Å². The van der Waals surface area contributed by atoms with Crippen molar-refractivity contribution in [1.29, 1.82) is 0 Å². The maximum atomic E-state index is 10.8. The molecule has 5 nitrogen and oxygen atoms in total. The van der Waals surface area contributed by atoms with Crippen molar-refractivity contribution < 1.29 is 21.9 Å². The zero-order valence-corrected chi connectivity index (χ0v) is 10.8. The Morgan fingerprint density at radius 1 is 1.41 bits per heavy atom. The molecule has 4 N–H and O–H groups in total. The quantitative estimate of drug-likeness (QED) is 0.334. The molecule has 0 atom stereocenters. The fraction of sp³-hybridized carbons (Fsp3) is 0.100. The molecule has 95 valence electrons. The first-order valence-corrected chi connectivity index (χ1v) is 4.95. The summed E-state index contributed by atoms with van der Waals surface area (Å²) in [5, 5.41) is 6.59. The van der Waals surface area contributed by atoms with Gasteiger partial charge >= 0.3 is 0 Å².